The normalized spacial score (nSPS) is 17.9. The maximum atomic E-state index is 13.0. The number of thiazole rings is 1. The number of carbonyl (C=O) groups excluding carboxylic acids is 1. The molecule has 124 valence electrons. The lowest BCUT2D eigenvalue weighted by molar-refractivity contribution is 0.0723. The Bertz CT molecular complexity index is 678. The van der Waals surface area contributed by atoms with Gasteiger partial charge in [-0.25, -0.2) is 4.98 Å². The molecule has 1 fully saturated rings. The molecule has 1 aliphatic heterocycles. The zero-order chi connectivity index (χ0) is 16.4. The fourth-order valence-corrected chi connectivity index (χ4v) is 4.24. The maximum absolute atomic E-state index is 13.0. The van der Waals surface area contributed by atoms with Crippen molar-refractivity contribution in [2.75, 3.05) is 13.2 Å². The Labute approximate surface area is 140 Å². The Morgan fingerprint density at radius 1 is 1.48 bits per heavy atom. The Morgan fingerprint density at radius 3 is 3.00 bits per heavy atom. The van der Waals surface area contributed by atoms with Crippen molar-refractivity contribution in [2.24, 2.45) is 0 Å². The molecule has 0 aliphatic carbocycles. The van der Waals surface area contributed by atoms with Crippen LogP contribution in [0.25, 0.3) is 5.13 Å². The van der Waals surface area contributed by atoms with Crippen LogP contribution < -0.4 is 0 Å². The third-order valence-corrected chi connectivity index (χ3v) is 5.36. The van der Waals surface area contributed by atoms with Crippen molar-refractivity contribution >= 4 is 17.2 Å². The molecule has 0 aromatic carbocycles. The second kappa shape index (κ2) is 6.84. The number of rotatable bonds is 5. The first-order valence-electron chi connectivity index (χ1n) is 8.14. The Hall–Kier alpha value is -1.66. The number of aryl methyl sites for hydroxylation is 1. The van der Waals surface area contributed by atoms with Crippen molar-refractivity contribution in [2.45, 2.75) is 45.6 Å². The molecule has 1 aliphatic rings. The average Bonchev–Trinajstić information content (AvgIpc) is 3.25. The molecule has 23 heavy (non-hydrogen) atoms. The van der Waals surface area contributed by atoms with Crippen molar-refractivity contribution in [3.63, 3.8) is 0 Å². The first-order chi connectivity index (χ1) is 11.1. The summed E-state index contributed by atoms with van der Waals surface area (Å²) in [6.07, 6.45) is 5.51. The highest BCUT2D eigenvalue weighted by atomic mass is 32.1. The number of aliphatic hydroxyl groups is 1. The summed E-state index contributed by atoms with van der Waals surface area (Å²) in [5.41, 5.74) is 2.76. The summed E-state index contributed by atoms with van der Waals surface area (Å²) < 4.78 is 2.05. The van der Waals surface area contributed by atoms with E-state index in [1.807, 2.05) is 30.2 Å². The van der Waals surface area contributed by atoms with E-state index in [0.717, 1.165) is 54.3 Å². The zero-order valence-corrected chi connectivity index (χ0v) is 14.5. The lowest BCUT2D eigenvalue weighted by atomic mass is 10.1. The van der Waals surface area contributed by atoms with Gasteiger partial charge >= 0.3 is 0 Å². The van der Waals surface area contributed by atoms with E-state index in [-0.39, 0.29) is 18.6 Å². The second-order valence-electron chi connectivity index (χ2n) is 6.10. The SMILES string of the molecule is Cc1cc(C(=O)N2CCCC2CCCO)c(C)n1-c1nccs1. The van der Waals surface area contributed by atoms with Gasteiger partial charge < -0.3 is 10.0 Å². The highest BCUT2D eigenvalue weighted by Crippen LogP contribution is 2.27. The van der Waals surface area contributed by atoms with Gasteiger partial charge in [-0.2, -0.15) is 0 Å². The molecule has 5 nitrogen and oxygen atoms in total. The fraction of sp³-hybridized carbons (Fsp3) is 0.529. The van der Waals surface area contributed by atoms with Crippen LogP contribution in [0, 0.1) is 13.8 Å². The van der Waals surface area contributed by atoms with Crippen molar-refractivity contribution < 1.29 is 9.90 Å². The summed E-state index contributed by atoms with van der Waals surface area (Å²) in [6.45, 7) is 5.01. The largest absolute Gasteiger partial charge is 0.396 e. The van der Waals surface area contributed by atoms with Crippen LogP contribution in [-0.4, -0.2) is 44.7 Å². The van der Waals surface area contributed by atoms with Gasteiger partial charge in [0.15, 0.2) is 5.13 Å². The molecule has 0 spiro atoms. The van der Waals surface area contributed by atoms with Gasteiger partial charge in [-0.05, 0) is 45.6 Å². The van der Waals surface area contributed by atoms with Crippen LogP contribution in [0.5, 0.6) is 0 Å². The van der Waals surface area contributed by atoms with Gasteiger partial charge in [-0.15, -0.1) is 11.3 Å². The van der Waals surface area contributed by atoms with Crippen molar-refractivity contribution in [1.82, 2.24) is 14.5 Å². The summed E-state index contributed by atoms with van der Waals surface area (Å²) in [5, 5.41) is 11.9. The number of hydrogen-bond donors (Lipinski definition) is 1. The van der Waals surface area contributed by atoms with Crippen LogP contribution in [0.3, 0.4) is 0 Å². The van der Waals surface area contributed by atoms with E-state index in [4.69, 9.17) is 5.11 Å². The smallest absolute Gasteiger partial charge is 0.255 e. The Kier molecular flexibility index (Phi) is 4.82. The van der Waals surface area contributed by atoms with Gasteiger partial charge in [0.25, 0.3) is 5.91 Å². The number of carbonyl (C=O) groups is 1. The third-order valence-electron chi connectivity index (χ3n) is 4.61. The summed E-state index contributed by atoms with van der Waals surface area (Å²) in [5.74, 6) is 0.112. The lowest BCUT2D eigenvalue weighted by Crippen LogP contribution is -2.35. The number of likely N-dealkylation sites (tertiary alicyclic amines) is 1. The topological polar surface area (TPSA) is 58.4 Å². The number of aliphatic hydroxyl groups excluding tert-OH is 1. The predicted octanol–water partition coefficient (Wildman–Crippen LogP) is 2.93. The molecular formula is C17H23N3O2S. The minimum atomic E-state index is 0.112. The second-order valence-corrected chi connectivity index (χ2v) is 6.97. The van der Waals surface area contributed by atoms with Gasteiger partial charge in [0.05, 0.1) is 5.56 Å². The van der Waals surface area contributed by atoms with Crippen LogP contribution in [0.4, 0.5) is 0 Å². The summed E-state index contributed by atoms with van der Waals surface area (Å²) in [4.78, 5) is 19.4. The van der Waals surface area contributed by atoms with Crippen LogP contribution >= 0.6 is 11.3 Å². The van der Waals surface area contributed by atoms with E-state index in [2.05, 4.69) is 9.55 Å². The predicted molar refractivity (Wildman–Crippen MR) is 91.3 cm³/mol. The molecule has 0 radical (unpaired) electrons. The Balaban J connectivity index is 1.87. The molecule has 1 N–H and O–H groups in total. The molecule has 1 amide bonds. The number of amides is 1. The van der Waals surface area contributed by atoms with E-state index >= 15 is 0 Å². The molecule has 3 rings (SSSR count). The molecule has 3 heterocycles. The van der Waals surface area contributed by atoms with Crippen molar-refractivity contribution in [1.29, 1.82) is 0 Å². The van der Waals surface area contributed by atoms with E-state index < -0.39 is 0 Å². The summed E-state index contributed by atoms with van der Waals surface area (Å²) >= 11 is 1.57. The van der Waals surface area contributed by atoms with Crippen LogP contribution in [0.2, 0.25) is 0 Å². The van der Waals surface area contributed by atoms with Gasteiger partial charge in [0, 0.05) is 42.2 Å². The number of hydrogen-bond acceptors (Lipinski definition) is 4. The highest BCUT2D eigenvalue weighted by Gasteiger charge is 2.31. The van der Waals surface area contributed by atoms with Crippen LogP contribution in [0.1, 0.15) is 47.4 Å². The van der Waals surface area contributed by atoms with E-state index in [9.17, 15) is 4.79 Å². The molecule has 2 aromatic rings. The highest BCUT2D eigenvalue weighted by molar-refractivity contribution is 7.12. The first kappa shape index (κ1) is 16.2. The third kappa shape index (κ3) is 3.05. The number of nitrogens with zero attached hydrogens (tertiary/aromatic N) is 3. The van der Waals surface area contributed by atoms with Crippen LogP contribution in [-0.2, 0) is 0 Å². The van der Waals surface area contributed by atoms with E-state index in [1.165, 1.54) is 0 Å². The molecule has 2 aromatic heterocycles. The fourth-order valence-electron chi connectivity index (χ4n) is 3.48. The van der Waals surface area contributed by atoms with Gasteiger partial charge in [0.1, 0.15) is 0 Å². The standard InChI is InChI=1S/C17H23N3O2S/c1-12-11-15(13(2)20(12)17-18-7-10-23-17)16(22)19-8-3-5-14(19)6-4-9-21/h7,10-11,14,21H,3-6,8-9H2,1-2H3. The summed E-state index contributed by atoms with van der Waals surface area (Å²) in [6, 6.07) is 2.23. The Morgan fingerprint density at radius 2 is 2.30 bits per heavy atom. The molecule has 0 bridgehead atoms. The van der Waals surface area contributed by atoms with Crippen molar-refractivity contribution in [3.05, 3.63) is 34.6 Å². The molecule has 1 unspecified atom stereocenters. The number of aromatic nitrogens is 2. The van der Waals surface area contributed by atoms with Gasteiger partial charge in [-0.1, -0.05) is 0 Å². The first-order valence-corrected chi connectivity index (χ1v) is 9.02. The van der Waals surface area contributed by atoms with Gasteiger partial charge in [0.2, 0.25) is 0 Å². The van der Waals surface area contributed by atoms with E-state index in [0.29, 0.717) is 0 Å². The van der Waals surface area contributed by atoms with Crippen LogP contribution in [0.15, 0.2) is 17.6 Å². The molecule has 0 saturated carbocycles. The minimum absolute atomic E-state index is 0.112. The van der Waals surface area contributed by atoms with E-state index in [1.54, 1.807) is 17.5 Å². The molecule has 6 heteroatoms. The molecule has 1 saturated heterocycles. The lowest BCUT2D eigenvalue weighted by Gasteiger charge is -2.24. The average molecular weight is 333 g/mol. The molecule has 1 atom stereocenters. The quantitative estimate of drug-likeness (QED) is 0.915. The molecular weight excluding hydrogens is 310 g/mol. The van der Waals surface area contributed by atoms with Gasteiger partial charge in [-0.3, -0.25) is 9.36 Å². The summed E-state index contributed by atoms with van der Waals surface area (Å²) in [7, 11) is 0. The zero-order valence-electron chi connectivity index (χ0n) is 13.7. The van der Waals surface area contributed by atoms with Crippen molar-refractivity contribution in [3.8, 4) is 5.13 Å². The monoisotopic (exact) mass is 333 g/mol. The minimum Gasteiger partial charge on any atom is -0.396 e. The maximum Gasteiger partial charge on any atom is 0.255 e.